The summed E-state index contributed by atoms with van der Waals surface area (Å²) in [4.78, 5) is 33.5. The van der Waals surface area contributed by atoms with Crippen LogP contribution < -0.4 is 5.32 Å². The number of hydrogen-bond donors (Lipinski definition) is 2. The molecule has 0 spiro atoms. The van der Waals surface area contributed by atoms with Gasteiger partial charge in [0.2, 0.25) is 11.9 Å². The van der Waals surface area contributed by atoms with Gasteiger partial charge in [0, 0.05) is 37.5 Å². The fraction of sp³-hybridized carbons (Fsp3) is 0.500. The quantitative estimate of drug-likeness (QED) is 0.728. The van der Waals surface area contributed by atoms with E-state index in [-0.39, 0.29) is 29.5 Å². The zero-order valence-corrected chi connectivity index (χ0v) is 18.3. The summed E-state index contributed by atoms with van der Waals surface area (Å²) in [5.41, 5.74) is 1.95. The van der Waals surface area contributed by atoms with E-state index in [2.05, 4.69) is 15.3 Å². The van der Waals surface area contributed by atoms with E-state index in [9.17, 15) is 19.1 Å². The second-order valence-electron chi connectivity index (χ2n) is 8.86. The molecule has 1 saturated carbocycles. The molecule has 7 nitrogen and oxygen atoms in total. The van der Waals surface area contributed by atoms with Crippen LogP contribution in [0.5, 0.6) is 0 Å². The molecule has 170 valence electrons. The number of likely N-dealkylation sites (tertiary alicyclic amines) is 1. The summed E-state index contributed by atoms with van der Waals surface area (Å²) in [6.07, 6.45) is 5.94. The second-order valence-corrected chi connectivity index (χ2v) is 8.86. The molecule has 4 rings (SSSR count). The van der Waals surface area contributed by atoms with Gasteiger partial charge in [0.15, 0.2) is 5.82 Å². The van der Waals surface area contributed by atoms with Gasteiger partial charge < -0.3 is 15.3 Å². The number of halogens is 1. The van der Waals surface area contributed by atoms with Crippen LogP contribution in [0.15, 0.2) is 30.5 Å². The molecule has 0 radical (unpaired) electrons. The summed E-state index contributed by atoms with van der Waals surface area (Å²) < 4.78 is 14.7. The zero-order chi connectivity index (χ0) is 22.7. The van der Waals surface area contributed by atoms with Gasteiger partial charge in [-0.25, -0.2) is 14.4 Å². The smallest absolute Gasteiger partial charge is 0.306 e. The number of hydrogen-bond acceptors (Lipinski definition) is 5. The Kier molecular flexibility index (Phi) is 6.67. The summed E-state index contributed by atoms with van der Waals surface area (Å²) in [6.45, 7) is 3.05. The highest BCUT2D eigenvalue weighted by Gasteiger charge is 2.28. The molecule has 1 unspecified atom stereocenters. The molecule has 2 aliphatic rings. The van der Waals surface area contributed by atoms with Crippen molar-refractivity contribution >= 4 is 17.8 Å². The molecule has 1 aromatic heterocycles. The lowest BCUT2D eigenvalue weighted by atomic mass is 9.86. The molecular formula is C24H29FN4O3. The first-order valence-corrected chi connectivity index (χ1v) is 11.3. The van der Waals surface area contributed by atoms with E-state index in [1.807, 2.05) is 29.2 Å². The number of aliphatic carboxylic acids is 1. The molecule has 32 heavy (non-hydrogen) atoms. The highest BCUT2D eigenvalue weighted by Crippen LogP contribution is 2.31. The van der Waals surface area contributed by atoms with Crippen molar-refractivity contribution in [2.45, 2.75) is 57.4 Å². The SMILES string of the molecule is CC(=O)N1CCCC(c2cccc(-c3nc(N[C@@H]4CCC[C@H](C(=O)O)C4)ncc3F)c2)C1. The fourth-order valence-corrected chi connectivity index (χ4v) is 4.84. The first-order valence-electron chi connectivity index (χ1n) is 11.3. The number of piperidine rings is 1. The Bertz CT molecular complexity index is 999. The third kappa shape index (κ3) is 5.06. The van der Waals surface area contributed by atoms with Crippen molar-refractivity contribution in [1.29, 1.82) is 0 Å². The minimum atomic E-state index is -0.778. The van der Waals surface area contributed by atoms with Crippen molar-refractivity contribution in [1.82, 2.24) is 14.9 Å². The van der Waals surface area contributed by atoms with Crippen LogP contribution in [0.1, 0.15) is 56.9 Å². The molecule has 0 bridgehead atoms. The van der Waals surface area contributed by atoms with Gasteiger partial charge in [-0.1, -0.05) is 24.6 Å². The van der Waals surface area contributed by atoms with Gasteiger partial charge in [-0.3, -0.25) is 9.59 Å². The highest BCUT2D eigenvalue weighted by atomic mass is 19.1. The molecule has 1 aromatic carbocycles. The lowest BCUT2D eigenvalue weighted by molar-refractivity contribution is -0.142. The Morgan fingerprint density at radius 2 is 2.06 bits per heavy atom. The van der Waals surface area contributed by atoms with Gasteiger partial charge in [-0.2, -0.15) is 0 Å². The largest absolute Gasteiger partial charge is 0.481 e. The number of anilines is 1. The second kappa shape index (κ2) is 9.63. The maximum absolute atomic E-state index is 14.7. The van der Waals surface area contributed by atoms with Crippen molar-refractivity contribution in [3.8, 4) is 11.3 Å². The number of carbonyl (C=O) groups excluding carboxylic acids is 1. The van der Waals surface area contributed by atoms with Crippen LogP contribution in [0.25, 0.3) is 11.3 Å². The number of nitrogens with zero attached hydrogens (tertiary/aromatic N) is 3. The van der Waals surface area contributed by atoms with Gasteiger partial charge in [-0.05, 0) is 43.7 Å². The third-order valence-electron chi connectivity index (χ3n) is 6.60. The summed E-state index contributed by atoms with van der Waals surface area (Å²) in [5.74, 6) is -1.05. The van der Waals surface area contributed by atoms with E-state index in [4.69, 9.17) is 0 Å². The normalized spacial score (nSPS) is 23.6. The molecule has 8 heteroatoms. The van der Waals surface area contributed by atoms with E-state index in [0.29, 0.717) is 30.9 Å². The van der Waals surface area contributed by atoms with E-state index in [1.54, 1.807) is 6.92 Å². The van der Waals surface area contributed by atoms with Crippen LogP contribution in [0.3, 0.4) is 0 Å². The lowest BCUT2D eigenvalue weighted by Crippen LogP contribution is -2.37. The number of nitrogens with one attached hydrogen (secondary N) is 1. The number of amides is 1. The molecule has 1 aliphatic carbocycles. The van der Waals surface area contributed by atoms with Crippen molar-refractivity contribution in [2.24, 2.45) is 5.92 Å². The Morgan fingerprint density at radius 3 is 2.84 bits per heavy atom. The van der Waals surface area contributed by atoms with Crippen molar-refractivity contribution in [3.05, 3.63) is 41.8 Å². The van der Waals surface area contributed by atoms with Crippen LogP contribution in [0.2, 0.25) is 0 Å². The number of carboxylic acids is 1. The van der Waals surface area contributed by atoms with Gasteiger partial charge in [0.05, 0.1) is 12.1 Å². The predicted octanol–water partition coefficient (Wildman–Crippen LogP) is 4.06. The summed E-state index contributed by atoms with van der Waals surface area (Å²) in [7, 11) is 0. The minimum Gasteiger partial charge on any atom is -0.481 e. The first kappa shape index (κ1) is 22.2. The zero-order valence-electron chi connectivity index (χ0n) is 18.3. The Labute approximate surface area is 187 Å². The van der Waals surface area contributed by atoms with Crippen LogP contribution in [-0.2, 0) is 9.59 Å². The number of rotatable bonds is 5. The molecule has 1 aliphatic heterocycles. The number of benzene rings is 1. The van der Waals surface area contributed by atoms with E-state index in [0.717, 1.165) is 44.0 Å². The summed E-state index contributed by atoms with van der Waals surface area (Å²) >= 11 is 0. The topological polar surface area (TPSA) is 95.4 Å². The van der Waals surface area contributed by atoms with Crippen molar-refractivity contribution < 1.29 is 19.1 Å². The summed E-state index contributed by atoms with van der Waals surface area (Å²) in [5, 5.41) is 12.5. The molecule has 2 N–H and O–H groups in total. The molecule has 1 amide bonds. The maximum Gasteiger partial charge on any atom is 0.306 e. The van der Waals surface area contributed by atoms with E-state index >= 15 is 0 Å². The molecule has 1 saturated heterocycles. The van der Waals surface area contributed by atoms with E-state index in [1.165, 1.54) is 0 Å². The Hall–Kier alpha value is -3.03. The van der Waals surface area contributed by atoms with Gasteiger partial charge in [0.25, 0.3) is 0 Å². The molecule has 2 fully saturated rings. The number of aromatic nitrogens is 2. The average Bonchev–Trinajstić information content (AvgIpc) is 2.80. The molecule has 2 aromatic rings. The van der Waals surface area contributed by atoms with Crippen LogP contribution in [0, 0.1) is 11.7 Å². The summed E-state index contributed by atoms with van der Waals surface area (Å²) in [6, 6.07) is 7.64. The van der Waals surface area contributed by atoms with Crippen LogP contribution in [-0.4, -0.2) is 51.0 Å². The third-order valence-corrected chi connectivity index (χ3v) is 6.60. The standard InChI is InChI=1S/C24H29FN4O3/c1-15(30)29-10-4-8-19(14-29)16-5-2-6-17(11-16)22-21(25)13-26-24(28-22)27-20-9-3-7-18(12-20)23(31)32/h2,5-6,11,13,18-20H,3-4,7-10,12,14H2,1H3,(H,31,32)(H,26,27,28)/t18-,19?,20+/m0/s1. The lowest BCUT2D eigenvalue weighted by Gasteiger charge is -2.32. The first-order chi connectivity index (χ1) is 15.4. The van der Waals surface area contributed by atoms with Crippen molar-refractivity contribution in [3.63, 3.8) is 0 Å². The number of carbonyl (C=O) groups is 2. The predicted molar refractivity (Wildman–Crippen MR) is 119 cm³/mol. The minimum absolute atomic E-state index is 0.0469. The fourth-order valence-electron chi connectivity index (χ4n) is 4.84. The number of carboxylic acid groups (broad SMARTS) is 1. The van der Waals surface area contributed by atoms with Gasteiger partial charge in [-0.15, -0.1) is 0 Å². The molecular weight excluding hydrogens is 411 g/mol. The maximum atomic E-state index is 14.7. The van der Waals surface area contributed by atoms with Crippen molar-refractivity contribution in [2.75, 3.05) is 18.4 Å². The molecule has 3 atom stereocenters. The van der Waals surface area contributed by atoms with Crippen LogP contribution in [0.4, 0.5) is 10.3 Å². The Balaban J connectivity index is 1.53. The van der Waals surface area contributed by atoms with E-state index < -0.39 is 11.8 Å². The van der Waals surface area contributed by atoms with Crippen LogP contribution >= 0.6 is 0 Å². The monoisotopic (exact) mass is 440 g/mol. The average molecular weight is 441 g/mol. The highest BCUT2D eigenvalue weighted by molar-refractivity contribution is 5.73. The van der Waals surface area contributed by atoms with Gasteiger partial charge >= 0.3 is 5.97 Å². The van der Waals surface area contributed by atoms with Gasteiger partial charge in [0.1, 0.15) is 5.69 Å². The Morgan fingerprint density at radius 1 is 1.22 bits per heavy atom. The molecule has 2 heterocycles.